The van der Waals surface area contributed by atoms with E-state index < -0.39 is 0 Å². The maximum Gasteiger partial charge on any atom is 0.235 e. The maximum absolute atomic E-state index is 13.5. The second-order valence-electron chi connectivity index (χ2n) is 8.98. The number of H-pyrrole nitrogens is 2. The summed E-state index contributed by atoms with van der Waals surface area (Å²) in [4.78, 5) is 33.2. The van der Waals surface area contributed by atoms with E-state index in [1.165, 1.54) is 0 Å². The fourth-order valence-corrected chi connectivity index (χ4v) is 5.81. The van der Waals surface area contributed by atoms with Gasteiger partial charge in [-0.2, -0.15) is 0 Å². The number of fused-ring (bicyclic) bond motifs is 9. The average Bonchev–Trinajstić information content (AvgIpc) is 3.26. The molecule has 6 heterocycles. The van der Waals surface area contributed by atoms with Gasteiger partial charge in [0.1, 0.15) is 10.5 Å². The number of aromatic amines is 2. The van der Waals surface area contributed by atoms with E-state index in [-0.39, 0.29) is 11.8 Å². The van der Waals surface area contributed by atoms with Gasteiger partial charge in [-0.05, 0) is 43.2 Å². The van der Waals surface area contributed by atoms with E-state index in [9.17, 15) is 4.79 Å². The molecule has 8 rings (SSSR count). The largest absolute Gasteiger partial charge is 0.295 e. The standard InChI is InChI=1S/C26H17N7OS/c34-26(13-4-5-13)33-16-8-14(10-27-12-16)15-9-18-23(31-32-24(18)28-11-15)25-29-19-3-1-2-17(22(19)30-25)20-6-7-21(33)35-20/h1-3,6-13,31H,4-5H2,(H,28,32). The van der Waals surface area contributed by atoms with E-state index >= 15 is 0 Å². The zero-order chi connectivity index (χ0) is 23.1. The van der Waals surface area contributed by atoms with Gasteiger partial charge in [-0.1, -0.05) is 12.1 Å². The number of nitrogens with one attached hydrogen (secondary N) is 2. The molecule has 3 aliphatic rings. The molecule has 9 heteroatoms. The van der Waals surface area contributed by atoms with Crippen LogP contribution in [0.5, 0.6) is 0 Å². The zero-order valence-electron chi connectivity index (χ0n) is 18.3. The second kappa shape index (κ2) is 6.83. The third kappa shape index (κ3) is 2.82. The number of pyridine rings is 2. The quantitative estimate of drug-likeness (QED) is 0.311. The van der Waals surface area contributed by atoms with Gasteiger partial charge in [-0.25, -0.2) is 15.0 Å². The SMILES string of the molecule is O=C(C1CC1)n1c2cncc(c2)c2cnc3[nH][nH]c(c4nc5cccc(c6ccc1s6)c5n4)-c3c2. The van der Waals surface area contributed by atoms with Crippen molar-refractivity contribution < 1.29 is 4.79 Å². The van der Waals surface area contributed by atoms with E-state index in [1.54, 1.807) is 23.7 Å². The minimum atomic E-state index is 0.0641. The third-order valence-electron chi connectivity index (χ3n) is 6.69. The van der Waals surface area contributed by atoms with Crippen molar-refractivity contribution in [3.05, 3.63) is 61.1 Å². The van der Waals surface area contributed by atoms with Crippen molar-refractivity contribution in [3.8, 4) is 11.3 Å². The van der Waals surface area contributed by atoms with Crippen LogP contribution in [0.3, 0.4) is 0 Å². The lowest BCUT2D eigenvalue weighted by Gasteiger charge is -2.07. The first kappa shape index (κ1) is 19.0. The van der Waals surface area contributed by atoms with E-state index in [2.05, 4.69) is 38.4 Å². The Labute approximate surface area is 201 Å². The number of benzene rings is 1. The summed E-state index contributed by atoms with van der Waals surface area (Å²) in [6, 6.07) is 14.2. The van der Waals surface area contributed by atoms with Gasteiger partial charge in [-0.15, -0.1) is 11.3 Å². The highest BCUT2D eigenvalue weighted by Crippen LogP contribution is 2.35. The van der Waals surface area contributed by atoms with Crippen LogP contribution in [0.1, 0.15) is 17.6 Å². The summed E-state index contributed by atoms with van der Waals surface area (Å²) in [7, 11) is 0. The van der Waals surface area contributed by atoms with Crippen LogP contribution < -0.4 is 0 Å². The first-order valence-electron chi connectivity index (χ1n) is 11.5. The fraction of sp³-hybridized carbons (Fsp3) is 0.115. The molecule has 1 aliphatic carbocycles. The molecule has 35 heavy (non-hydrogen) atoms. The summed E-state index contributed by atoms with van der Waals surface area (Å²) >= 11 is 1.58. The van der Waals surface area contributed by atoms with Crippen LogP contribution in [0.4, 0.5) is 0 Å². The van der Waals surface area contributed by atoms with Crippen LogP contribution in [0.15, 0.2) is 61.1 Å². The third-order valence-corrected chi connectivity index (χ3v) is 7.79. The summed E-state index contributed by atoms with van der Waals surface area (Å²) in [5, 5.41) is 9.13. The van der Waals surface area contributed by atoms with Crippen LogP contribution in [0.25, 0.3) is 64.8 Å². The van der Waals surface area contributed by atoms with Crippen LogP contribution in [-0.2, 0) is 0 Å². The molecule has 2 aliphatic heterocycles. The molecule has 2 N–H and O–H groups in total. The predicted molar refractivity (Wildman–Crippen MR) is 137 cm³/mol. The van der Waals surface area contributed by atoms with Crippen molar-refractivity contribution in [3.63, 3.8) is 0 Å². The minimum Gasteiger partial charge on any atom is -0.295 e. The minimum absolute atomic E-state index is 0.0641. The van der Waals surface area contributed by atoms with Gasteiger partial charge in [0, 0.05) is 44.7 Å². The molecule has 1 fully saturated rings. The Morgan fingerprint density at radius 3 is 2.83 bits per heavy atom. The highest BCUT2D eigenvalue weighted by Gasteiger charge is 2.31. The number of hydrogen-bond acceptors (Lipinski definition) is 6. The van der Waals surface area contributed by atoms with Crippen molar-refractivity contribution in [2.45, 2.75) is 12.8 Å². The first-order valence-corrected chi connectivity index (χ1v) is 12.3. The highest BCUT2D eigenvalue weighted by molar-refractivity contribution is 7.24. The Morgan fingerprint density at radius 1 is 1.00 bits per heavy atom. The van der Waals surface area contributed by atoms with Gasteiger partial charge in [0.2, 0.25) is 5.91 Å². The summed E-state index contributed by atoms with van der Waals surface area (Å²) in [5.41, 5.74) is 5.43. The Morgan fingerprint density at radius 2 is 1.91 bits per heavy atom. The lowest BCUT2D eigenvalue weighted by Crippen LogP contribution is -2.12. The molecule has 0 spiro atoms. The zero-order valence-corrected chi connectivity index (χ0v) is 19.1. The van der Waals surface area contributed by atoms with Gasteiger partial charge >= 0.3 is 0 Å². The average molecular weight is 476 g/mol. The number of carbonyl (C=O) groups excluding carboxylic acids is 1. The fourth-order valence-electron chi connectivity index (χ4n) is 4.75. The molecule has 8 nitrogen and oxygen atoms in total. The number of carbonyl (C=O) groups is 1. The number of imidazole rings is 1. The summed E-state index contributed by atoms with van der Waals surface area (Å²) < 4.78 is 2.86. The number of aromatic nitrogens is 7. The van der Waals surface area contributed by atoms with Crippen molar-refractivity contribution >= 4 is 70.8 Å². The van der Waals surface area contributed by atoms with Gasteiger partial charge in [0.15, 0.2) is 11.3 Å². The number of nitrogens with zero attached hydrogens (tertiary/aromatic N) is 5. The summed E-state index contributed by atoms with van der Waals surface area (Å²) in [6.07, 6.45) is 7.24. The van der Waals surface area contributed by atoms with Crippen LogP contribution in [0.2, 0.25) is 0 Å². The van der Waals surface area contributed by atoms with Gasteiger partial charge in [0.05, 0.1) is 22.7 Å². The van der Waals surface area contributed by atoms with E-state index in [1.807, 2.05) is 35.0 Å². The number of para-hydroxylation sites is 1. The van der Waals surface area contributed by atoms with E-state index in [0.717, 1.165) is 72.0 Å². The molecule has 168 valence electrons. The number of thiophene rings is 1. The number of rotatable bonds is 1. The molecular weight excluding hydrogens is 458 g/mol. The maximum atomic E-state index is 13.5. The lowest BCUT2D eigenvalue weighted by atomic mass is 10.1. The van der Waals surface area contributed by atoms with Crippen molar-refractivity contribution in [2.24, 2.45) is 5.92 Å². The normalized spacial score (nSPS) is 14.1. The van der Waals surface area contributed by atoms with Crippen LogP contribution >= 0.6 is 11.3 Å². The predicted octanol–water partition coefficient (Wildman–Crippen LogP) is 5.83. The second-order valence-corrected chi connectivity index (χ2v) is 10.0. The smallest absolute Gasteiger partial charge is 0.235 e. The summed E-state index contributed by atoms with van der Waals surface area (Å²) in [5.74, 6) is 0.181. The summed E-state index contributed by atoms with van der Waals surface area (Å²) in [6.45, 7) is 0. The molecule has 0 unspecified atom stereocenters. The monoisotopic (exact) mass is 475 g/mol. The number of hydrogen-bond donors (Lipinski definition) is 2. The molecule has 4 aromatic heterocycles. The topological polar surface area (TPSA) is 105 Å². The Hall–Kier alpha value is -4.37. The first-order chi connectivity index (χ1) is 17.2. The van der Waals surface area contributed by atoms with E-state index in [0.29, 0.717) is 5.65 Å². The molecule has 0 amide bonds. The van der Waals surface area contributed by atoms with Crippen molar-refractivity contribution in [2.75, 3.05) is 0 Å². The Bertz CT molecular complexity index is 2000. The molecule has 5 aromatic rings. The van der Waals surface area contributed by atoms with Gasteiger partial charge < -0.3 is 0 Å². The molecule has 0 saturated heterocycles. The molecule has 1 aromatic carbocycles. The molecule has 0 radical (unpaired) electrons. The molecule has 1 saturated carbocycles. The Balaban J connectivity index is 1.61. The molecular formula is C26H17N7OS. The Kier molecular flexibility index (Phi) is 3.71. The van der Waals surface area contributed by atoms with Crippen molar-refractivity contribution in [1.29, 1.82) is 0 Å². The van der Waals surface area contributed by atoms with E-state index in [4.69, 9.17) is 9.97 Å². The van der Waals surface area contributed by atoms with Gasteiger partial charge in [0.25, 0.3) is 0 Å². The molecule has 8 bridgehead atoms. The lowest BCUT2D eigenvalue weighted by molar-refractivity contribution is 0.0896. The van der Waals surface area contributed by atoms with Crippen molar-refractivity contribution in [1.82, 2.24) is 34.7 Å². The van der Waals surface area contributed by atoms with Crippen LogP contribution in [0, 0.1) is 5.92 Å². The highest BCUT2D eigenvalue weighted by atomic mass is 32.1. The van der Waals surface area contributed by atoms with Gasteiger partial charge in [-0.3, -0.25) is 24.5 Å². The molecule has 0 atom stereocenters. The van der Waals surface area contributed by atoms with Crippen LogP contribution in [-0.4, -0.2) is 40.6 Å².